The van der Waals surface area contributed by atoms with Crippen LogP contribution in [0.15, 0.2) is 59.7 Å². The van der Waals surface area contributed by atoms with E-state index < -0.39 is 17.9 Å². The van der Waals surface area contributed by atoms with E-state index in [0.717, 1.165) is 31.4 Å². The monoisotopic (exact) mass is 494 g/mol. The molecule has 1 saturated carbocycles. The average molecular weight is 495 g/mol. The molecule has 36 heavy (non-hydrogen) atoms. The van der Waals surface area contributed by atoms with Gasteiger partial charge in [-0.25, -0.2) is 0 Å². The second-order valence-electron chi connectivity index (χ2n) is 9.18. The molecule has 0 amide bonds. The van der Waals surface area contributed by atoms with E-state index in [1.807, 2.05) is 30.9 Å². The number of ketones is 2. The summed E-state index contributed by atoms with van der Waals surface area (Å²) >= 11 is 0. The molecule has 0 atom stereocenters. The summed E-state index contributed by atoms with van der Waals surface area (Å²) in [6.45, 7) is 5.15. The lowest BCUT2D eigenvalue weighted by Crippen LogP contribution is -2.40. The van der Waals surface area contributed by atoms with Crippen LogP contribution in [0.5, 0.6) is 0 Å². The van der Waals surface area contributed by atoms with Gasteiger partial charge in [0.05, 0.1) is 12.1 Å². The molecular formula is C28H34N2O6. The van der Waals surface area contributed by atoms with E-state index in [4.69, 9.17) is 0 Å². The largest absolute Gasteiger partial charge is 0.480 e. The number of Topliss-reactive ketones (excluding diaryl/α,β-unsaturated/α-hetero) is 2. The van der Waals surface area contributed by atoms with Gasteiger partial charge >= 0.3 is 11.9 Å². The number of unbranched alkanes of at least 4 members (excludes halogenated alkanes) is 2. The van der Waals surface area contributed by atoms with Gasteiger partial charge in [-0.3, -0.25) is 24.1 Å². The van der Waals surface area contributed by atoms with Crippen molar-refractivity contribution in [2.45, 2.75) is 51.5 Å². The zero-order valence-electron chi connectivity index (χ0n) is 20.9. The molecule has 192 valence electrons. The first-order chi connectivity index (χ1) is 17.3. The van der Waals surface area contributed by atoms with Gasteiger partial charge in [0.15, 0.2) is 11.6 Å². The van der Waals surface area contributed by atoms with Crippen molar-refractivity contribution < 1.29 is 29.4 Å². The SMILES string of the molecule is CCCCN(CC(=O)O)c1ccc(C2C(=O)C(=C3C=CC(N(CCCC)CC(=O)O)C=C3)C2=O)cc1. The van der Waals surface area contributed by atoms with Gasteiger partial charge in [0, 0.05) is 18.3 Å². The second-order valence-corrected chi connectivity index (χ2v) is 9.18. The topological polar surface area (TPSA) is 115 Å². The molecular weight excluding hydrogens is 460 g/mol. The number of carboxylic acids is 2. The molecule has 1 fully saturated rings. The fourth-order valence-electron chi connectivity index (χ4n) is 4.53. The zero-order valence-corrected chi connectivity index (χ0v) is 20.9. The Labute approximate surface area is 211 Å². The normalized spacial score (nSPS) is 19.1. The van der Waals surface area contributed by atoms with Gasteiger partial charge in [-0.2, -0.15) is 0 Å². The van der Waals surface area contributed by atoms with E-state index in [1.54, 1.807) is 41.3 Å². The molecule has 0 bridgehead atoms. The maximum absolute atomic E-state index is 13.0. The highest BCUT2D eigenvalue weighted by Gasteiger charge is 2.46. The summed E-state index contributed by atoms with van der Waals surface area (Å²) < 4.78 is 0. The zero-order chi connectivity index (χ0) is 26.2. The minimum Gasteiger partial charge on any atom is -0.480 e. The van der Waals surface area contributed by atoms with Crippen molar-refractivity contribution in [3.8, 4) is 0 Å². The van der Waals surface area contributed by atoms with Crippen LogP contribution < -0.4 is 4.90 Å². The minimum absolute atomic E-state index is 0.0798. The molecule has 8 heteroatoms. The summed E-state index contributed by atoms with van der Waals surface area (Å²) in [5.74, 6) is -3.14. The number of benzene rings is 1. The molecule has 0 radical (unpaired) electrons. The molecule has 0 heterocycles. The van der Waals surface area contributed by atoms with Crippen LogP contribution in [0, 0.1) is 0 Å². The Bertz CT molecular complexity index is 1050. The van der Waals surface area contributed by atoms with Crippen LogP contribution in [0.25, 0.3) is 0 Å². The molecule has 0 spiro atoms. The van der Waals surface area contributed by atoms with Crippen molar-refractivity contribution in [1.29, 1.82) is 0 Å². The van der Waals surface area contributed by atoms with E-state index in [9.17, 15) is 29.4 Å². The van der Waals surface area contributed by atoms with Gasteiger partial charge in [-0.1, -0.05) is 63.1 Å². The van der Waals surface area contributed by atoms with E-state index in [-0.39, 0.29) is 36.3 Å². The summed E-state index contributed by atoms with van der Waals surface area (Å²) in [5.41, 5.74) is 2.05. The lowest BCUT2D eigenvalue weighted by atomic mass is 9.70. The van der Waals surface area contributed by atoms with Crippen LogP contribution in [-0.2, 0) is 19.2 Å². The lowest BCUT2D eigenvalue weighted by Gasteiger charge is -2.30. The third kappa shape index (κ3) is 6.37. The lowest BCUT2D eigenvalue weighted by molar-refractivity contribution is -0.138. The van der Waals surface area contributed by atoms with Gasteiger partial charge in [0.2, 0.25) is 0 Å². The van der Waals surface area contributed by atoms with Gasteiger partial charge < -0.3 is 15.1 Å². The van der Waals surface area contributed by atoms with Crippen molar-refractivity contribution in [3.63, 3.8) is 0 Å². The van der Waals surface area contributed by atoms with Crippen LogP contribution in [0.4, 0.5) is 5.69 Å². The maximum atomic E-state index is 13.0. The predicted octanol–water partition coefficient (Wildman–Crippen LogP) is 3.59. The summed E-state index contributed by atoms with van der Waals surface area (Å²) in [7, 11) is 0. The van der Waals surface area contributed by atoms with Crippen molar-refractivity contribution in [3.05, 3.63) is 65.3 Å². The molecule has 8 nitrogen and oxygen atoms in total. The molecule has 2 N–H and O–H groups in total. The fourth-order valence-corrected chi connectivity index (χ4v) is 4.53. The third-order valence-corrected chi connectivity index (χ3v) is 6.51. The number of hydrogen-bond donors (Lipinski definition) is 2. The minimum atomic E-state index is -0.914. The van der Waals surface area contributed by atoms with Crippen LogP contribution >= 0.6 is 0 Å². The Kier molecular flexibility index (Phi) is 9.36. The summed E-state index contributed by atoms with van der Waals surface area (Å²) in [5, 5.41) is 18.4. The molecule has 0 unspecified atom stereocenters. The predicted molar refractivity (Wildman–Crippen MR) is 137 cm³/mol. The van der Waals surface area contributed by atoms with Gasteiger partial charge in [0.25, 0.3) is 0 Å². The highest BCUT2D eigenvalue weighted by Crippen LogP contribution is 2.38. The highest BCUT2D eigenvalue weighted by atomic mass is 16.4. The van der Waals surface area contributed by atoms with Crippen LogP contribution in [0.2, 0.25) is 0 Å². The van der Waals surface area contributed by atoms with Crippen LogP contribution in [0.3, 0.4) is 0 Å². The molecule has 0 aromatic heterocycles. The van der Waals surface area contributed by atoms with Gasteiger partial charge in [0.1, 0.15) is 12.5 Å². The van der Waals surface area contributed by atoms with Crippen molar-refractivity contribution in [1.82, 2.24) is 4.90 Å². The number of carbonyl (C=O) groups excluding carboxylic acids is 2. The first kappa shape index (κ1) is 27.1. The van der Waals surface area contributed by atoms with E-state index in [1.165, 1.54) is 0 Å². The van der Waals surface area contributed by atoms with E-state index in [2.05, 4.69) is 0 Å². The fraction of sp³-hybridized carbons (Fsp3) is 0.429. The van der Waals surface area contributed by atoms with Gasteiger partial charge in [-0.15, -0.1) is 0 Å². The first-order valence-electron chi connectivity index (χ1n) is 12.5. The number of hydrogen-bond acceptors (Lipinski definition) is 6. The Balaban J connectivity index is 1.71. The molecule has 2 aliphatic rings. The Morgan fingerprint density at radius 2 is 1.39 bits per heavy atom. The van der Waals surface area contributed by atoms with Crippen LogP contribution in [0.1, 0.15) is 51.0 Å². The Morgan fingerprint density at radius 1 is 0.833 bits per heavy atom. The maximum Gasteiger partial charge on any atom is 0.323 e. The number of nitrogens with zero attached hydrogens (tertiary/aromatic N) is 2. The van der Waals surface area contributed by atoms with Gasteiger partial charge in [-0.05, 0) is 42.7 Å². The molecule has 1 aromatic rings. The summed E-state index contributed by atoms with van der Waals surface area (Å²) in [4.78, 5) is 52.0. The van der Waals surface area contributed by atoms with Crippen molar-refractivity contribution in [2.75, 3.05) is 31.1 Å². The molecule has 0 aliphatic heterocycles. The molecule has 1 aromatic carbocycles. The van der Waals surface area contributed by atoms with E-state index in [0.29, 0.717) is 24.2 Å². The molecule has 3 rings (SSSR count). The van der Waals surface area contributed by atoms with Crippen LogP contribution in [-0.4, -0.2) is 70.8 Å². The highest BCUT2D eigenvalue weighted by molar-refractivity contribution is 6.42. The summed E-state index contributed by atoms with van der Waals surface area (Å²) in [6, 6.07) is 6.76. The first-order valence-corrected chi connectivity index (χ1v) is 12.5. The van der Waals surface area contributed by atoms with E-state index >= 15 is 0 Å². The number of carboxylic acid groups (broad SMARTS) is 2. The number of anilines is 1. The average Bonchev–Trinajstić information content (AvgIpc) is 2.85. The van der Waals surface area contributed by atoms with Crippen molar-refractivity contribution in [2.24, 2.45) is 0 Å². The number of rotatable bonds is 13. The third-order valence-electron chi connectivity index (χ3n) is 6.51. The Morgan fingerprint density at radius 3 is 1.92 bits per heavy atom. The quantitative estimate of drug-likeness (QED) is 0.243. The standard InChI is InChI=1S/C28H34N2O6/c1-3-5-15-29(17-23(31)32)21-11-7-19(8-12-21)25-27(35)26(28(25)36)20-9-13-22(14-10-20)30(16-6-4-2)18-24(33)34/h7-14,21,26H,3-6,15-18H2,1-2H3,(H,31,32)(H,33,34). The number of allylic oxidation sites excluding steroid dienone is 4. The van der Waals surface area contributed by atoms with Crippen molar-refractivity contribution >= 4 is 29.2 Å². The molecule has 0 saturated heterocycles. The molecule has 2 aliphatic carbocycles. The Hall–Kier alpha value is -3.52. The smallest absolute Gasteiger partial charge is 0.323 e. The number of carbonyl (C=O) groups is 4. The summed E-state index contributed by atoms with van der Waals surface area (Å²) in [6.07, 6.45) is 10.8. The second kappa shape index (κ2) is 12.4. The number of aliphatic carboxylic acids is 2.